The topological polar surface area (TPSA) is 53.1 Å². The summed E-state index contributed by atoms with van der Waals surface area (Å²) in [6.07, 6.45) is 6.63. The van der Waals surface area contributed by atoms with Crippen LogP contribution in [0.15, 0.2) is 12.3 Å². The van der Waals surface area contributed by atoms with Crippen LogP contribution in [0.5, 0.6) is 0 Å². The summed E-state index contributed by atoms with van der Waals surface area (Å²) in [5, 5.41) is 4.68. The average Bonchev–Trinajstić information content (AvgIpc) is 3.00. The molecule has 0 amide bonds. The third-order valence-corrected chi connectivity index (χ3v) is 4.26. The van der Waals surface area contributed by atoms with Crippen molar-refractivity contribution in [1.29, 1.82) is 0 Å². The molecule has 0 aromatic carbocycles. The van der Waals surface area contributed by atoms with Crippen molar-refractivity contribution in [3.8, 4) is 0 Å². The van der Waals surface area contributed by atoms with Crippen LogP contribution in [0.3, 0.4) is 0 Å². The molecule has 2 heterocycles. The second-order valence-corrected chi connectivity index (χ2v) is 5.77. The van der Waals surface area contributed by atoms with Crippen LogP contribution in [0.2, 0.25) is 0 Å². The fourth-order valence-corrected chi connectivity index (χ4v) is 2.91. The fourth-order valence-electron chi connectivity index (χ4n) is 2.91. The van der Waals surface area contributed by atoms with Gasteiger partial charge in [0.05, 0.1) is 24.4 Å². The molecule has 1 aromatic heterocycles. The van der Waals surface area contributed by atoms with Crippen molar-refractivity contribution >= 4 is 0 Å². The van der Waals surface area contributed by atoms with Crippen molar-refractivity contribution in [2.75, 3.05) is 6.61 Å². The fraction of sp³-hybridized carbons (Fsp3) is 0.800. The zero-order valence-electron chi connectivity index (χ0n) is 12.4. The second-order valence-electron chi connectivity index (χ2n) is 5.77. The van der Waals surface area contributed by atoms with Crippen LogP contribution in [0.4, 0.5) is 0 Å². The summed E-state index contributed by atoms with van der Waals surface area (Å²) >= 11 is 0. The SMILES string of the molecule is CCC(CC)n1ccc(CC(N)C2COC(C)C2)n1. The van der Waals surface area contributed by atoms with E-state index in [2.05, 4.69) is 42.8 Å². The van der Waals surface area contributed by atoms with Gasteiger partial charge >= 0.3 is 0 Å². The van der Waals surface area contributed by atoms with Crippen molar-refractivity contribution in [2.45, 2.75) is 64.6 Å². The van der Waals surface area contributed by atoms with Crippen LogP contribution in [0.1, 0.15) is 51.8 Å². The maximum Gasteiger partial charge on any atom is 0.0640 e. The van der Waals surface area contributed by atoms with Gasteiger partial charge in [0.1, 0.15) is 0 Å². The molecule has 4 nitrogen and oxygen atoms in total. The molecule has 0 bridgehead atoms. The maximum atomic E-state index is 6.29. The zero-order chi connectivity index (χ0) is 13.8. The Bertz CT molecular complexity index is 386. The molecule has 3 atom stereocenters. The van der Waals surface area contributed by atoms with Crippen molar-refractivity contribution in [1.82, 2.24) is 9.78 Å². The summed E-state index contributed by atoms with van der Waals surface area (Å²) in [5.74, 6) is 0.480. The predicted molar refractivity (Wildman–Crippen MR) is 77.0 cm³/mol. The van der Waals surface area contributed by atoms with Crippen LogP contribution < -0.4 is 5.73 Å². The first-order chi connectivity index (χ1) is 9.13. The highest BCUT2D eigenvalue weighted by Gasteiger charge is 2.27. The molecular weight excluding hydrogens is 238 g/mol. The van der Waals surface area contributed by atoms with Gasteiger partial charge in [-0.05, 0) is 32.3 Å². The van der Waals surface area contributed by atoms with Gasteiger partial charge in [-0.25, -0.2) is 0 Å². The second kappa shape index (κ2) is 6.53. The predicted octanol–water partition coefficient (Wildman–Crippen LogP) is 2.54. The van der Waals surface area contributed by atoms with Crippen LogP contribution in [0.25, 0.3) is 0 Å². The molecule has 4 heteroatoms. The Kier molecular flexibility index (Phi) is 4.99. The van der Waals surface area contributed by atoms with E-state index in [4.69, 9.17) is 10.5 Å². The lowest BCUT2D eigenvalue weighted by Crippen LogP contribution is -2.33. The molecule has 3 unspecified atom stereocenters. The standard InChI is InChI=1S/C15H27N3O/c1-4-14(5-2)18-7-6-13(17-18)9-15(16)12-8-11(3)19-10-12/h6-7,11-12,14-15H,4-5,8-10,16H2,1-3H3. The largest absolute Gasteiger partial charge is 0.378 e. The Balaban J connectivity index is 1.92. The smallest absolute Gasteiger partial charge is 0.0640 e. The van der Waals surface area contributed by atoms with Gasteiger partial charge in [0, 0.05) is 24.6 Å². The van der Waals surface area contributed by atoms with Crippen molar-refractivity contribution in [3.63, 3.8) is 0 Å². The van der Waals surface area contributed by atoms with Gasteiger partial charge in [0.25, 0.3) is 0 Å². The molecule has 2 N–H and O–H groups in total. The first-order valence-electron chi connectivity index (χ1n) is 7.55. The molecule has 0 radical (unpaired) electrons. The summed E-state index contributed by atoms with van der Waals surface area (Å²) < 4.78 is 7.69. The van der Waals surface area contributed by atoms with Gasteiger partial charge in [-0.1, -0.05) is 13.8 Å². The Labute approximate surface area is 116 Å². The van der Waals surface area contributed by atoms with Crippen molar-refractivity contribution in [3.05, 3.63) is 18.0 Å². The Morgan fingerprint density at radius 1 is 1.47 bits per heavy atom. The minimum absolute atomic E-state index is 0.162. The third kappa shape index (κ3) is 3.57. The van der Waals surface area contributed by atoms with Gasteiger partial charge in [-0.15, -0.1) is 0 Å². The van der Waals surface area contributed by atoms with Crippen LogP contribution >= 0.6 is 0 Å². The van der Waals surface area contributed by atoms with Crippen molar-refractivity contribution < 1.29 is 4.74 Å². The maximum absolute atomic E-state index is 6.29. The number of nitrogens with zero attached hydrogens (tertiary/aromatic N) is 2. The molecule has 1 aliphatic heterocycles. The molecule has 0 saturated carbocycles. The average molecular weight is 265 g/mol. The number of hydrogen-bond acceptors (Lipinski definition) is 3. The molecular formula is C15H27N3O. The molecule has 1 saturated heterocycles. The van der Waals surface area contributed by atoms with Gasteiger partial charge in [0.2, 0.25) is 0 Å². The van der Waals surface area contributed by atoms with Crippen LogP contribution in [-0.2, 0) is 11.2 Å². The molecule has 0 spiro atoms. The third-order valence-electron chi connectivity index (χ3n) is 4.26. The van der Waals surface area contributed by atoms with E-state index < -0.39 is 0 Å². The normalized spacial score (nSPS) is 25.1. The lowest BCUT2D eigenvalue weighted by atomic mass is 9.94. The van der Waals surface area contributed by atoms with Gasteiger partial charge in [0.15, 0.2) is 0 Å². The monoisotopic (exact) mass is 265 g/mol. The van der Waals surface area contributed by atoms with Crippen LogP contribution in [-0.4, -0.2) is 28.5 Å². The number of ether oxygens (including phenoxy) is 1. The lowest BCUT2D eigenvalue weighted by molar-refractivity contribution is 0.118. The van der Waals surface area contributed by atoms with Gasteiger partial charge in [-0.3, -0.25) is 4.68 Å². The highest BCUT2D eigenvalue weighted by molar-refractivity contribution is 5.03. The number of rotatable bonds is 6. The first-order valence-corrected chi connectivity index (χ1v) is 7.55. The highest BCUT2D eigenvalue weighted by Crippen LogP contribution is 2.23. The molecule has 2 rings (SSSR count). The van der Waals surface area contributed by atoms with E-state index >= 15 is 0 Å². The summed E-state index contributed by atoms with van der Waals surface area (Å²) in [6.45, 7) is 7.33. The van der Waals surface area contributed by atoms with E-state index in [1.807, 2.05) is 0 Å². The molecule has 1 fully saturated rings. The summed E-state index contributed by atoms with van der Waals surface area (Å²) in [7, 11) is 0. The van der Waals surface area contributed by atoms with E-state index in [0.29, 0.717) is 18.1 Å². The Morgan fingerprint density at radius 2 is 2.21 bits per heavy atom. The summed E-state index contributed by atoms with van der Waals surface area (Å²) in [4.78, 5) is 0. The lowest BCUT2D eigenvalue weighted by Gasteiger charge is -2.16. The quantitative estimate of drug-likeness (QED) is 0.860. The van der Waals surface area contributed by atoms with Crippen LogP contribution in [0, 0.1) is 5.92 Å². The van der Waals surface area contributed by atoms with E-state index in [-0.39, 0.29) is 6.04 Å². The van der Waals surface area contributed by atoms with E-state index in [9.17, 15) is 0 Å². The molecule has 0 aliphatic carbocycles. The molecule has 108 valence electrons. The Hall–Kier alpha value is -0.870. The number of hydrogen-bond donors (Lipinski definition) is 1. The number of aromatic nitrogens is 2. The van der Waals surface area contributed by atoms with E-state index in [1.165, 1.54) is 0 Å². The Morgan fingerprint density at radius 3 is 2.79 bits per heavy atom. The minimum Gasteiger partial charge on any atom is -0.378 e. The van der Waals surface area contributed by atoms with Gasteiger partial charge < -0.3 is 10.5 Å². The summed E-state index contributed by atoms with van der Waals surface area (Å²) in [5.41, 5.74) is 7.40. The van der Waals surface area contributed by atoms with Gasteiger partial charge in [-0.2, -0.15) is 5.10 Å². The zero-order valence-corrected chi connectivity index (χ0v) is 12.4. The molecule has 1 aromatic rings. The number of nitrogens with two attached hydrogens (primary N) is 1. The van der Waals surface area contributed by atoms with Crippen molar-refractivity contribution in [2.24, 2.45) is 11.7 Å². The van der Waals surface area contributed by atoms with E-state index in [0.717, 1.165) is 38.0 Å². The van der Waals surface area contributed by atoms with E-state index in [1.54, 1.807) is 0 Å². The highest BCUT2D eigenvalue weighted by atomic mass is 16.5. The minimum atomic E-state index is 0.162. The first kappa shape index (κ1) is 14.5. The molecule has 19 heavy (non-hydrogen) atoms. The summed E-state index contributed by atoms with van der Waals surface area (Å²) in [6, 6.07) is 2.78. The molecule has 1 aliphatic rings.